The molecule has 1 fully saturated rings. The minimum atomic E-state index is -0.0792. The summed E-state index contributed by atoms with van der Waals surface area (Å²) in [5.74, 6) is 0.917. The summed E-state index contributed by atoms with van der Waals surface area (Å²) >= 11 is 0. The third-order valence-electron chi connectivity index (χ3n) is 6.96. The number of nitrogens with two attached hydrogens (primary N) is 1. The van der Waals surface area contributed by atoms with Gasteiger partial charge in [-0.15, -0.1) is 0 Å². The number of nitrogen functional groups attached to an aromatic ring is 1. The summed E-state index contributed by atoms with van der Waals surface area (Å²) in [7, 11) is 3.71. The molecule has 0 bridgehead atoms. The molecule has 4 aromatic rings. The Balaban J connectivity index is 1.30. The highest BCUT2D eigenvalue weighted by Gasteiger charge is 2.44. The first-order chi connectivity index (χ1) is 17.3. The number of pyridine rings is 3. The van der Waals surface area contributed by atoms with E-state index >= 15 is 0 Å². The van der Waals surface area contributed by atoms with Gasteiger partial charge in [0.25, 0.3) is 0 Å². The molecule has 0 aromatic carbocycles. The number of aryl methyl sites for hydroxylation is 1. The third kappa shape index (κ3) is 3.58. The van der Waals surface area contributed by atoms with E-state index in [1.807, 2.05) is 45.5 Å². The van der Waals surface area contributed by atoms with Crippen LogP contribution in [-0.4, -0.2) is 48.9 Å². The lowest BCUT2D eigenvalue weighted by molar-refractivity contribution is -0.117. The highest BCUT2D eigenvalue weighted by atomic mass is 16.2. The molecular weight excluding hydrogens is 454 g/mol. The SMILES string of the molecule is C=C1c2ncc(-c3cc4cc(NC(=O)[C@H]5C[C@@H]5c5cnn(C)c5)ncc4c(N)n3)c(C)c2C=NN1C. The molecule has 2 atom stereocenters. The lowest BCUT2D eigenvalue weighted by atomic mass is 9.98. The Morgan fingerprint density at radius 3 is 2.81 bits per heavy atom. The van der Waals surface area contributed by atoms with Gasteiger partial charge in [0.2, 0.25) is 5.91 Å². The van der Waals surface area contributed by atoms with Gasteiger partial charge in [-0.2, -0.15) is 10.2 Å². The summed E-state index contributed by atoms with van der Waals surface area (Å²) in [4.78, 5) is 26.5. The van der Waals surface area contributed by atoms with Crippen LogP contribution in [0.15, 0.2) is 48.6 Å². The summed E-state index contributed by atoms with van der Waals surface area (Å²) < 4.78 is 1.75. The second kappa shape index (κ2) is 7.98. The number of nitrogens with one attached hydrogen (secondary N) is 1. The quantitative estimate of drug-likeness (QED) is 0.460. The van der Waals surface area contributed by atoms with Crippen LogP contribution in [0, 0.1) is 12.8 Å². The first-order valence-electron chi connectivity index (χ1n) is 11.6. The number of hydrogen-bond donors (Lipinski definition) is 2. The van der Waals surface area contributed by atoms with Gasteiger partial charge in [-0.1, -0.05) is 6.58 Å². The Labute approximate surface area is 207 Å². The molecule has 0 spiro atoms. The summed E-state index contributed by atoms with van der Waals surface area (Å²) in [5, 5.41) is 14.8. The molecule has 2 aliphatic rings. The van der Waals surface area contributed by atoms with Gasteiger partial charge < -0.3 is 11.1 Å². The van der Waals surface area contributed by atoms with Crippen molar-refractivity contribution in [3.05, 3.63) is 65.9 Å². The van der Waals surface area contributed by atoms with Gasteiger partial charge in [-0.05, 0) is 47.9 Å². The Morgan fingerprint density at radius 2 is 2.03 bits per heavy atom. The number of amides is 1. The smallest absolute Gasteiger partial charge is 0.229 e. The van der Waals surface area contributed by atoms with Crippen LogP contribution in [0.3, 0.4) is 0 Å². The predicted molar refractivity (Wildman–Crippen MR) is 139 cm³/mol. The van der Waals surface area contributed by atoms with Crippen molar-refractivity contribution in [1.29, 1.82) is 0 Å². The van der Waals surface area contributed by atoms with Crippen LogP contribution in [0.4, 0.5) is 11.6 Å². The fourth-order valence-corrected chi connectivity index (χ4v) is 4.72. The van der Waals surface area contributed by atoms with Gasteiger partial charge in [0.1, 0.15) is 11.6 Å². The zero-order valence-electron chi connectivity index (χ0n) is 20.2. The van der Waals surface area contributed by atoms with Gasteiger partial charge in [-0.3, -0.25) is 19.5 Å². The van der Waals surface area contributed by atoms with E-state index in [-0.39, 0.29) is 17.7 Å². The zero-order chi connectivity index (χ0) is 25.1. The van der Waals surface area contributed by atoms with E-state index in [4.69, 9.17) is 5.73 Å². The maximum Gasteiger partial charge on any atom is 0.229 e. The Morgan fingerprint density at radius 1 is 1.19 bits per heavy atom. The highest BCUT2D eigenvalue weighted by molar-refractivity contribution is 5.99. The molecular formula is C26H25N9O. The average molecular weight is 480 g/mol. The van der Waals surface area contributed by atoms with Crippen molar-refractivity contribution < 1.29 is 4.79 Å². The van der Waals surface area contributed by atoms with E-state index in [1.165, 1.54) is 0 Å². The van der Waals surface area contributed by atoms with Crippen molar-refractivity contribution >= 4 is 40.2 Å². The number of nitrogens with zero attached hydrogens (tertiary/aromatic N) is 7. The molecule has 5 heterocycles. The van der Waals surface area contributed by atoms with Gasteiger partial charge in [0.15, 0.2) is 0 Å². The topological polar surface area (TPSA) is 127 Å². The molecule has 36 heavy (non-hydrogen) atoms. The number of carbonyl (C=O) groups is 1. The molecule has 10 nitrogen and oxygen atoms in total. The molecule has 4 aromatic heterocycles. The molecule has 180 valence electrons. The lowest BCUT2D eigenvalue weighted by Gasteiger charge is -2.23. The fourth-order valence-electron chi connectivity index (χ4n) is 4.72. The van der Waals surface area contributed by atoms with Crippen LogP contribution in [0.2, 0.25) is 0 Å². The summed E-state index contributed by atoms with van der Waals surface area (Å²) in [6, 6.07) is 3.77. The molecule has 10 heteroatoms. The lowest BCUT2D eigenvalue weighted by Crippen LogP contribution is -2.18. The molecule has 1 amide bonds. The van der Waals surface area contributed by atoms with E-state index < -0.39 is 0 Å². The minimum Gasteiger partial charge on any atom is -0.383 e. The van der Waals surface area contributed by atoms with Crippen LogP contribution in [0.25, 0.3) is 27.7 Å². The van der Waals surface area contributed by atoms with Crippen LogP contribution in [0.5, 0.6) is 0 Å². The zero-order valence-corrected chi connectivity index (χ0v) is 20.2. The monoisotopic (exact) mass is 479 g/mol. The summed E-state index contributed by atoms with van der Waals surface area (Å²) in [6.45, 7) is 6.09. The maximum absolute atomic E-state index is 12.8. The molecule has 1 saturated carbocycles. The molecule has 0 saturated heterocycles. The van der Waals surface area contributed by atoms with Gasteiger partial charge in [0.05, 0.1) is 29.5 Å². The largest absolute Gasteiger partial charge is 0.383 e. The molecule has 1 aliphatic carbocycles. The van der Waals surface area contributed by atoms with Crippen molar-refractivity contribution in [2.45, 2.75) is 19.3 Å². The first-order valence-corrected chi connectivity index (χ1v) is 11.6. The van der Waals surface area contributed by atoms with Crippen LogP contribution < -0.4 is 11.1 Å². The van der Waals surface area contributed by atoms with Crippen LogP contribution >= 0.6 is 0 Å². The van der Waals surface area contributed by atoms with Gasteiger partial charge in [-0.25, -0.2) is 9.97 Å². The number of aromatic nitrogens is 5. The standard InChI is InChI=1S/C26H25N9O/c1-13-19(9-29-24-14(2)35(4)31-11-20(13)24)22-5-15-6-23(28-10-21(15)25(27)32-22)33-26(36)18-7-17(18)16-8-30-34(3)12-16/h5-6,8-12,17-18H,2,7H2,1,3-4H3,(H2,27,32)(H,28,33,36)/t17-,18+/m1/s1. The maximum atomic E-state index is 12.8. The molecule has 0 unspecified atom stereocenters. The summed E-state index contributed by atoms with van der Waals surface area (Å²) in [6.07, 6.45) is 9.81. The molecule has 6 rings (SSSR count). The first kappa shape index (κ1) is 21.9. The van der Waals surface area contributed by atoms with E-state index in [1.54, 1.807) is 28.3 Å². The number of anilines is 2. The number of hydrogen-bond acceptors (Lipinski definition) is 8. The van der Waals surface area contributed by atoms with Gasteiger partial charge >= 0.3 is 0 Å². The van der Waals surface area contributed by atoms with Crippen LogP contribution in [0.1, 0.15) is 34.7 Å². The molecule has 3 N–H and O–H groups in total. The van der Waals surface area contributed by atoms with Crippen molar-refractivity contribution in [2.24, 2.45) is 18.1 Å². The minimum absolute atomic E-state index is 0.0443. The average Bonchev–Trinajstić information content (AvgIpc) is 3.54. The number of hydrazone groups is 1. The third-order valence-corrected chi connectivity index (χ3v) is 6.96. The Bertz CT molecular complexity index is 1600. The van der Waals surface area contributed by atoms with E-state index in [0.717, 1.165) is 50.8 Å². The number of rotatable bonds is 4. The van der Waals surface area contributed by atoms with Crippen LogP contribution in [-0.2, 0) is 11.8 Å². The van der Waals surface area contributed by atoms with Crippen molar-refractivity contribution in [3.8, 4) is 11.3 Å². The Hall–Kier alpha value is -4.60. The van der Waals surface area contributed by atoms with Crippen molar-refractivity contribution in [1.82, 2.24) is 29.7 Å². The second-order valence-corrected chi connectivity index (χ2v) is 9.34. The van der Waals surface area contributed by atoms with Gasteiger partial charge in [0, 0.05) is 55.1 Å². The molecule has 0 radical (unpaired) electrons. The number of carbonyl (C=O) groups excluding carboxylic acids is 1. The predicted octanol–water partition coefficient (Wildman–Crippen LogP) is 3.31. The fraction of sp³-hybridized carbons (Fsp3) is 0.231. The number of fused-ring (bicyclic) bond motifs is 2. The highest BCUT2D eigenvalue weighted by Crippen LogP contribution is 2.47. The Kier molecular flexibility index (Phi) is 4.85. The van der Waals surface area contributed by atoms with Crippen molar-refractivity contribution in [2.75, 3.05) is 18.1 Å². The van der Waals surface area contributed by atoms with E-state index in [2.05, 4.69) is 37.0 Å². The van der Waals surface area contributed by atoms with Crippen molar-refractivity contribution in [3.63, 3.8) is 0 Å². The molecule has 1 aliphatic heterocycles. The summed E-state index contributed by atoms with van der Waals surface area (Å²) in [5.41, 5.74) is 12.4. The van der Waals surface area contributed by atoms with E-state index in [9.17, 15) is 4.79 Å². The van der Waals surface area contributed by atoms with E-state index in [0.29, 0.717) is 17.3 Å². The second-order valence-electron chi connectivity index (χ2n) is 9.34. The normalized spacial score (nSPS) is 18.4.